The van der Waals surface area contributed by atoms with Gasteiger partial charge in [-0.2, -0.15) is 0 Å². The summed E-state index contributed by atoms with van der Waals surface area (Å²) < 4.78 is 1.04. The summed E-state index contributed by atoms with van der Waals surface area (Å²) in [5.41, 5.74) is 6.24. The summed E-state index contributed by atoms with van der Waals surface area (Å²) in [4.78, 5) is 22.4. The molecular weight excluding hydrogens is 308 g/mol. The van der Waals surface area contributed by atoms with Gasteiger partial charge in [-0.05, 0) is 36.5 Å². The van der Waals surface area contributed by atoms with Crippen LogP contribution in [0.25, 0.3) is 0 Å². The highest BCUT2D eigenvalue weighted by atomic mass is 79.9. The average molecular weight is 325 g/mol. The van der Waals surface area contributed by atoms with E-state index in [9.17, 15) is 9.59 Å². The zero-order valence-corrected chi connectivity index (χ0v) is 12.2. The molecule has 102 valence electrons. The molecule has 0 bridgehead atoms. The van der Waals surface area contributed by atoms with Crippen molar-refractivity contribution in [3.63, 3.8) is 0 Å². The number of carbonyl (C=O) groups excluding carboxylic acids is 2. The Bertz CT molecular complexity index is 490. The highest BCUT2D eigenvalue weighted by molar-refractivity contribution is 9.10. The van der Waals surface area contributed by atoms with E-state index in [0.29, 0.717) is 25.3 Å². The topological polar surface area (TPSA) is 72.2 Å². The Labute approximate surface area is 120 Å². The van der Waals surface area contributed by atoms with Gasteiger partial charge in [-0.15, -0.1) is 0 Å². The second kappa shape index (κ2) is 6.19. The maximum absolute atomic E-state index is 11.9. The Kier molecular flexibility index (Phi) is 4.58. The molecule has 0 spiro atoms. The maximum atomic E-state index is 11.9. The molecule has 2 amide bonds. The lowest BCUT2D eigenvalue weighted by molar-refractivity contribution is -0.123. The van der Waals surface area contributed by atoms with Crippen LogP contribution in [0.4, 0.5) is 0 Å². The Morgan fingerprint density at radius 1 is 1.42 bits per heavy atom. The van der Waals surface area contributed by atoms with E-state index in [0.717, 1.165) is 10.9 Å². The smallest absolute Gasteiger partial charge is 0.223 e. The second-order valence-electron chi connectivity index (χ2n) is 4.86. The van der Waals surface area contributed by atoms with E-state index < -0.39 is 0 Å². The number of halogens is 1. The lowest BCUT2D eigenvalue weighted by Crippen LogP contribution is -2.27. The van der Waals surface area contributed by atoms with Crippen LogP contribution in [-0.2, 0) is 9.59 Å². The highest BCUT2D eigenvalue weighted by Gasteiger charge is 2.43. The number of primary amides is 1. The Balaban J connectivity index is 1.76. The fourth-order valence-corrected chi connectivity index (χ4v) is 2.61. The van der Waals surface area contributed by atoms with Crippen LogP contribution in [0.15, 0.2) is 28.7 Å². The van der Waals surface area contributed by atoms with Crippen molar-refractivity contribution in [2.45, 2.75) is 25.2 Å². The van der Waals surface area contributed by atoms with E-state index in [4.69, 9.17) is 5.73 Å². The highest BCUT2D eigenvalue weighted by Crippen LogP contribution is 2.47. The van der Waals surface area contributed by atoms with Crippen LogP contribution in [0.3, 0.4) is 0 Å². The van der Waals surface area contributed by atoms with E-state index in [1.807, 2.05) is 12.1 Å². The first-order valence-electron chi connectivity index (χ1n) is 6.39. The van der Waals surface area contributed by atoms with Crippen molar-refractivity contribution < 1.29 is 9.59 Å². The number of benzene rings is 1. The predicted molar refractivity (Wildman–Crippen MR) is 76.4 cm³/mol. The summed E-state index contributed by atoms with van der Waals surface area (Å²) in [5.74, 6) is 0.152. The molecule has 5 heteroatoms. The molecule has 4 nitrogen and oxygen atoms in total. The number of hydrogen-bond donors (Lipinski definition) is 2. The van der Waals surface area contributed by atoms with Crippen LogP contribution >= 0.6 is 15.9 Å². The van der Waals surface area contributed by atoms with Crippen molar-refractivity contribution in [3.8, 4) is 0 Å². The van der Waals surface area contributed by atoms with Crippen LogP contribution in [0.5, 0.6) is 0 Å². The van der Waals surface area contributed by atoms with E-state index in [-0.39, 0.29) is 17.7 Å². The van der Waals surface area contributed by atoms with Gasteiger partial charge < -0.3 is 11.1 Å². The van der Waals surface area contributed by atoms with Crippen molar-refractivity contribution in [1.82, 2.24) is 5.32 Å². The number of rotatable bonds is 6. The first kappa shape index (κ1) is 14.1. The van der Waals surface area contributed by atoms with Crippen LogP contribution in [0.2, 0.25) is 0 Å². The number of amides is 2. The molecule has 1 saturated carbocycles. The lowest BCUT2D eigenvalue weighted by Gasteiger charge is -2.04. The van der Waals surface area contributed by atoms with E-state index >= 15 is 0 Å². The molecule has 1 aromatic rings. The third-order valence-corrected chi connectivity index (χ3v) is 3.80. The van der Waals surface area contributed by atoms with Crippen LogP contribution in [-0.4, -0.2) is 18.4 Å². The molecule has 0 heterocycles. The van der Waals surface area contributed by atoms with Gasteiger partial charge in [0.05, 0.1) is 0 Å². The Morgan fingerprint density at radius 3 is 2.89 bits per heavy atom. The minimum atomic E-state index is -0.326. The van der Waals surface area contributed by atoms with Gasteiger partial charge in [0.2, 0.25) is 11.8 Å². The lowest BCUT2D eigenvalue weighted by atomic mass is 10.1. The zero-order valence-electron chi connectivity index (χ0n) is 10.6. The van der Waals surface area contributed by atoms with Gasteiger partial charge in [-0.25, -0.2) is 0 Å². The number of nitrogens with two attached hydrogens (primary N) is 1. The fraction of sp³-hybridized carbons (Fsp3) is 0.429. The minimum absolute atomic E-state index is 0.0721. The first-order valence-corrected chi connectivity index (χ1v) is 7.18. The minimum Gasteiger partial charge on any atom is -0.370 e. The third kappa shape index (κ3) is 4.06. The monoisotopic (exact) mass is 324 g/mol. The molecule has 2 unspecified atom stereocenters. The molecule has 2 atom stereocenters. The molecule has 1 aliphatic rings. The summed E-state index contributed by atoms with van der Waals surface area (Å²) in [6.07, 6.45) is 1.83. The first-order chi connectivity index (χ1) is 9.08. The zero-order chi connectivity index (χ0) is 13.8. The normalized spacial score (nSPS) is 20.9. The van der Waals surface area contributed by atoms with Crippen molar-refractivity contribution >= 4 is 27.7 Å². The van der Waals surface area contributed by atoms with E-state index in [2.05, 4.69) is 33.4 Å². The molecule has 0 aromatic heterocycles. The van der Waals surface area contributed by atoms with Gasteiger partial charge in [0.1, 0.15) is 0 Å². The average Bonchev–Trinajstić information content (AvgIpc) is 3.14. The maximum Gasteiger partial charge on any atom is 0.223 e. The number of hydrogen-bond acceptors (Lipinski definition) is 2. The van der Waals surface area contributed by atoms with Gasteiger partial charge >= 0.3 is 0 Å². The molecule has 0 saturated heterocycles. The SMILES string of the molecule is NC(=O)CCCNC(=O)C1CC1c1cccc(Br)c1. The molecule has 1 aromatic carbocycles. The standard InChI is InChI=1S/C14H17BrN2O2/c15-10-4-1-3-9(7-10)11-8-12(11)14(19)17-6-2-5-13(16)18/h1,3-4,7,11-12H,2,5-6,8H2,(H2,16,18)(H,17,19). The number of carbonyl (C=O) groups is 2. The number of nitrogens with one attached hydrogen (secondary N) is 1. The van der Waals surface area contributed by atoms with Crippen molar-refractivity contribution in [2.24, 2.45) is 11.7 Å². The molecule has 0 aliphatic heterocycles. The summed E-state index contributed by atoms with van der Waals surface area (Å²) in [5, 5.41) is 2.86. The van der Waals surface area contributed by atoms with Crippen LogP contribution in [0, 0.1) is 5.92 Å². The third-order valence-electron chi connectivity index (χ3n) is 3.30. The Hall–Kier alpha value is -1.36. The molecular formula is C14H17BrN2O2. The molecule has 1 fully saturated rings. The van der Waals surface area contributed by atoms with Gasteiger partial charge in [0.15, 0.2) is 0 Å². The van der Waals surface area contributed by atoms with Gasteiger partial charge in [0, 0.05) is 23.4 Å². The molecule has 3 N–H and O–H groups in total. The summed E-state index contributed by atoms with van der Waals surface area (Å²) in [7, 11) is 0. The van der Waals surface area contributed by atoms with E-state index in [1.165, 1.54) is 5.56 Å². The van der Waals surface area contributed by atoms with Crippen LogP contribution < -0.4 is 11.1 Å². The van der Waals surface area contributed by atoms with Crippen molar-refractivity contribution in [2.75, 3.05) is 6.54 Å². The molecule has 1 aliphatic carbocycles. The quantitative estimate of drug-likeness (QED) is 0.785. The van der Waals surface area contributed by atoms with E-state index in [1.54, 1.807) is 0 Å². The summed E-state index contributed by atoms with van der Waals surface area (Å²) in [6.45, 7) is 0.517. The molecule has 0 radical (unpaired) electrons. The molecule has 2 rings (SSSR count). The van der Waals surface area contributed by atoms with Gasteiger partial charge in [-0.3, -0.25) is 9.59 Å². The van der Waals surface area contributed by atoms with Gasteiger partial charge in [-0.1, -0.05) is 28.1 Å². The van der Waals surface area contributed by atoms with Gasteiger partial charge in [0.25, 0.3) is 0 Å². The fourth-order valence-electron chi connectivity index (χ4n) is 2.20. The molecule has 19 heavy (non-hydrogen) atoms. The predicted octanol–water partition coefficient (Wildman–Crippen LogP) is 1.93. The Morgan fingerprint density at radius 2 is 2.21 bits per heavy atom. The van der Waals surface area contributed by atoms with Crippen molar-refractivity contribution in [3.05, 3.63) is 34.3 Å². The van der Waals surface area contributed by atoms with Crippen molar-refractivity contribution in [1.29, 1.82) is 0 Å². The largest absolute Gasteiger partial charge is 0.370 e. The summed E-state index contributed by atoms with van der Waals surface area (Å²) >= 11 is 3.44. The second-order valence-corrected chi connectivity index (χ2v) is 5.78. The van der Waals surface area contributed by atoms with Crippen LogP contribution in [0.1, 0.15) is 30.7 Å². The summed E-state index contributed by atoms with van der Waals surface area (Å²) in [6, 6.07) is 8.07.